The third-order valence-electron chi connectivity index (χ3n) is 7.50. The van der Waals surface area contributed by atoms with Crippen LogP contribution in [0, 0.1) is 28.6 Å². The summed E-state index contributed by atoms with van der Waals surface area (Å²) in [5.41, 5.74) is 6.46. The molecule has 11 nitrogen and oxygen atoms in total. The maximum Gasteiger partial charge on any atom is 0.404 e. The number of amides is 2. The Hall–Kier alpha value is -4.30. The number of nitrogens with zero attached hydrogens (tertiary/aromatic N) is 1. The van der Waals surface area contributed by atoms with Crippen LogP contribution in [0.4, 0.5) is 4.79 Å². The molecule has 0 radical (unpaired) electrons. The van der Waals surface area contributed by atoms with Gasteiger partial charge in [-0.05, 0) is 75.1 Å². The first-order valence-electron chi connectivity index (χ1n) is 18.3. The number of nitriles is 1. The van der Waals surface area contributed by atoms with Gasteiger partial charge in [-0.15, -0.1) is 0 Å². The second-order valence-corrected chi connectivity index (χ2v) is 12.8. The van der Waals surface area contributed by atoms with Gasteiger partial charge in [-0.1, -0.05) is 76.9 Å². The summed E-state index contributed by atoms with van der Waals surface area (Å²) in [4.78, 5) is 32.0. The van der Waals surface area contributed by atoms with Crippen LogP contribution in [-0.4, -0.2) is 58.6 Å². The van der Waals surface area contributed by atoms with E-state index in [2.05, 4.69) is 46.8 Å². The van der Waals surface area contributed by atoms with Crippen molar-refractivity contribution in [2.24, 2.45) is 23.0 Å². The van der Waals surface area contributed by atoms with Gasteiger partial charge in [-0.25, -0.2) is 4.79 Å². The number of primary amides is 1. The summed E-state index contributed by atoms with van der Waals surface area (Å²) in [6.07, 6.45) is 5.78. The number of ether oxygens (including phenoxy) is 5. The minimum atomic E-state index is -0.742. The topological polar surface area (TPSA) is 159 Å². The van der Waals surface area contributed by atoms with E-state index < -0.39 is 11.5 Å². The Morgan fingerprint density at radius 2 is 1.58 bits per heavy atom. The van der Waals surface area contributed by atoms with Crippen LogP contribution in [0.25, 0.3) is 0 Å². The van der Waals surface area contributed by atoms with Gasteiger partial charge in [0.15, 0.2) is 11.5 Å². The van der Waals surface area contributed by atoms with Gasteiger partial charge in [-0.3, -0.25) is 9.59 Å². The highest BCUT2D eigenvalue weighted by molar-refractivity contribution is 5.75. The SMILES string of the molecule is CC.CCOC(C)=O.COCCCOc1cc(C[C@@H](CCCCCC(=O)NCC(C)(C)C#N)C(C)C)ccc1OC.NC(=O)OCc1ccccc1. The minimum Gasteiger partial charge on any atom is -0.493 e. The molecule has 0 aliphatic rings. The molecule has 0 aliphatic carbocycles. The monoisotopic (exact) mass is 729 g/mol. The summed E-state index contributed by atoms with van der Waals surface area (Å²) in [6, 6.07) is 17.8. The van der Waals surface area contributed by atoms with Gasteiger partial charge in [0, 0.05) is 40.0 Å². The number of esters is 1. The molecule has 294 valence electrons. The Balaban J connectivity index is 0. The quantitative estimate of drug-likeness (QED) is 0.101. The lowest BCUT2D eigenvalue weighted by Crippen LogP contribution is -2.32. The molecule has 2 aromatic rings. The van der Waals surface area contributed by atoms with Crippen molar-refractivity contribution >= 4 is 18.0 Å². The predicted octanol–water partition coefficient (Wildman–Crippen LogP) is 8.42. The van der Waals surface area contributed by atoms with Crippen molar-refractivity contribution in [1.82, 2.24) is 5.32 Å². The molecule has 0 saturated heterocycles. The van der Waals surface area contributed by atoms with E-state index in [0.717, 1.165) is 55.6 Å². The van der Waals surface area contributed by atoms with E-state index >= 15 is 0 Å². The zero-order valence-electron chi connectivity index (χ0n) is 33.5. The van der Waals surface area contributed by atoms with Crippen LogP contribution < -0.4 is 20.5 Å². The van der Waals surface area contributed by atoms with Gasteiger partial charge in [0.05, 0.1) is 31.8 Å². The third kappa shape index (κ3) is 27.4. The molecule has 0 saturated carbocycles. The first kappa shape index (κ1) is 49.8. The van der Waals surface area contributed by atoms with Gasteiger partial charge in [0.1, 0.15) is 6.61 Å². The molecule has 2 rings (SSSR count). The number of benzene rings is 2. The number of hydrogen-bond acceptors (Lipinski definition) is 9. The van der Waals surface area contributed by atoms with E-state index in [-0.39, 0.29) is 18.5 Å². The molecule has 0 spiro atoms. The average Bonchev–Trinajstić information content (AvgIpc) is 3.13. The number of hydrogen-bond donors (Lipinski definition) is 2. The molecule has 3 N–H and O–H groups in total. The second kappa shape index (κ2) is 31.4. The van der Waals surface area contributed by atoms with Crippen LogP contribution in [0.2, 0.25) is 0 Å². The van der Waals surface area contributed by atoms with Crippen LogP contribution >= 0.6 is 0 Å². The maximum atomic E-state index is 12.0. The van der Waals surface area contributed by atoms with Crippen molar-refractivity contribution in [2.75, 3.05) is 40.6 Å². The van der Waals surface area contributed by atoms with Gasteiger partial charge in [0.2, 0.25) is 5.91 Å². The van der Waals surface area contributed by atoms with E-state index in [1.165, 1.54) is 12.5 Å². The Morgan fingerprint density at radius 3 is 2.10 bits per heavy atom. The smallest absolute Gasteiger partial charge is 0.404 e. The zero-order chi connectivity index (χ0) is 39.8. The number of rotatable bonds is 20. The fourth-order valence-electron chi connectivity index (χ4n) is 4.57. The van der Waals surface area contributed by atoms with Crippen molar-refractivity contribution in [2.45, 2.75) is 107 Å². The van der Waals surface area contributed by atoms with Gasteiger partial charge in [-0.2, -0.15) is 5.26 Å². The molecular formula is C41H67N3O8. The van der Waals surface area contributed by atoms with Crippen molar-refractivity contribution in [3.8, 4) is 17.6 Å². The van der Waals surface area contributed by atoms with Gasteiger partial charge < -0.3 is 34.7 Å². The molecule has 52 heavy (non-hydrogen) atoms. The van der Waals surface area contributed by atoms with E-state index in [9.17, 15) is 14.4 Å². The second-order valence-electron chi connectivity index (χ2n) is 12.8. The molecule has 0 aromatic heterocycles. The van der Waals surface area contributed by atoms with Crippen molar-refractivity contribution in [1.29, 1.82) is 5.26 Å². The number of carbonyl (C=O) groups is 3. The number of unbranched alkanes of at least 4 members (excludes halogenated alkanes) is 2. The molecule has 2 amide bonds. The molecule has 1 atom stereocenters. The average molecular weight is 730 g/mol. The predicted molar refractivity (Wildman–Crippen MR) is 207 cm³/mol. The van der Waals surface area contributed by atoms with Gasteiger partial charge in [0.25, 0.3) is 0 Å². The van der Waals surface area contributed by atoms with Crippen molar-refractivity contribution < 1.29 is 38.1 Å². The summed E-state index contributed by atoms with van der Waals surface area (Å²) in [6.45, 7) is 17.8. The fraction of sp³-hybridized carbons (Fsp3) is 0.610. The third-order valence-corrected chi connectivity index (χ3v) is 7.50. The molecule has 0 heterocycles. The summed E-state index contributed by atoms with van der Waals surface area (Å²) in [5, 5.41) is 11.9. The molecule has 0 unspecified atom stereocenters. The minimum absolute atomic E-state index is 0.0370. The summed E-state index contributed by atoms with van der Waals surface area (Å²) in [7, 11) is 3.36. The summed E-state index contributed by atoms with van der Waals surface area (Å²) < 4.78 is 25.5. The summed E-state index contributed by atoms with van der Waals surface area (Å²) >= 11 is 0. The number of carbonyl (C=O) groups excluding carboxylic acids is 3. The highest BCUT2D eigenvalue weighted by atomic mass is 16.5. The Kier molecular flexibility index (Phi) is 30.1. The Morgan fingerprint density at radius 1 is 0.904 bits per heavy atom. The molecule has 0 bridgehead atoms. The van der Waals surface area contributed by atoms with E-state index in [4.69, 9.17) is 25.2 Å². The largest absolute Gasteiger partial charge is 0.493 e. The normalized spacial score (nSPS) is 10.7. The van der Waals surface area contributed by atoms with Crippen LogP contribution in [-0.2, 0) is 36.8 Å². The van der Waals surface area contributed by atoms with Crippen LogP contribution in [0.1, 0.15) is 105 Å². The highest BCUT2D eigenvalue weighted by Crippen LogP contribution is 2.31. The lowest BCUT2D eigenvalue weighted by Gasteiger charge is -2.22. The number of methoxy groups -OCH3 is 2. The Bertz CT molecular complexity index is 1260. The standard InChI is InChI=1S/C27H44N2O4.C8H9NO2.C4H8O2.C2H6/c1-21(2)23(11-8-7-9-12-26(30)29-20-27(3,4)19-28)17-22-13-14-24(32-6)25(18-22)33-16-10-15-31-5;9-8(10)11-6-7-4-2-1-3-5-7;1-3-6-4(2)5;1-2/h13-14,18,21,23H,7-12,15-17,20H2,1-6H3,(H,29,30);1-5H,6H2,(H2,9,10);3H2,1-2H3;1-2H3/t23-;;;/m1.../s1. The zero-order valence-corrected chi connectivity index (χ0v) is 33.5. The van der Waals surface area contributed by atoms with Crippen LogP contribution in [0.5, 0.6) is 11.5 Å². The first-order chi connectivity index (χ1) is 24.8. The van der Waals surface area contributed by atoms with Crippen LogP contribution in [0.3, 0.4) is 0 Å². The Labute approximate surface area is 313 Å². The lowest BCUT2D eigenvalue weighted by atomic mass is 9.85. The van der Waals surface area contributed by atoms with Crippen LogP contribution in [0.15, 0.2) is 48.5 Å². The first-order valence-corrected chi connectivity index (χ1v) is 18.3. The number of nitrogens with one attached hydrogen (secondary N) is 1. The lowest BCUT2D eigenvalue weighted by molar-refractivity contribution is -0.140. The molecule has 0 fully saturated rings. The molecular weight excluding hydrogens is 662 g/mol. The molecule has 11 heteroatoms. The highest BCUT2D eigenvalue weighted by Gasteiger charge is 2.18. The van der Waals surface area contributed by atoms with E-state index in [0.29, 0.717) is 44.6 Å². The van der Waals surface area contributed by atoms with Crippen molar-refractivity contribution in [3.63, 3.8) is 0 Å². The van der Waals surface area contributed by atoms with Gasteiger partial charge >= 0.3 is 12.1 Å². The molecule has 2 aromatic carbocycles. The number of nitrogens with two attached hydrogens (primary N) is 1. The summed E-state index contributed by atoms with van der Waals surface area (Å²) in [5.74, 6) is 2.53. The van der Waals surface area contributed by atoms with Crippen molar-refractivity contribution in [3.05, 3.63) is 59.7 Å². The fourth-order valence-corrected chi connectivity index (χ4v) is 4.57. The van der Waals surface area contributed by atoms with E-state index in [1.807, 2.05) is 64.1 Å². The molecule has 0 aliphatic heterocycles. The van der Waals surface area contributed by atoms with E-state index in [1.54, 1.807) is 21.1 Å². The maximum absolute atomic E-state index is 12.0.